The van der Waals surface area contributed by atoms with Gasteiger partial charge in [0.1, 0.15) is 18.5 Å². The number of carbonyl (C=O) groups excluding carboxylic acids is 1. The van der Waals surface area contributed by atoms with Crippen molar-refractivity contribution < 1.29 is 19.0 Å². The van der Waals surface area contributed by atoms with Crippen LogP contribution >= 0.6 is 0 Å². The maximum absolute atomic E-state index is 12.6. The van der Waals surface area contributed by atoms with Crippen molar-refractivity contribution in [3.63, 3.8) is 0 Å². The lowest BCUT2D eigenvalue weighted by atomic mass is 9.97. The standard InChI is InChI=1S/C24H33NO4/c1-18(19-12-8-6-9-13-19)25-21(16-22(26)29-24(2,3)4)23(28-17-27-5)20-14-10-7-11-15-20/h6-15,18,21,23,25H,16-17H2,1-5H3/t18-,21-,23-/m0/s1. The number of nitrogens with one attached hydrogen (secondary N) is 1. The molecule has 0 saturated heterocycles. The fraction of sp³-hybridized carbons (Fsp3) is 0.458. The van der Waals surface area contributed by atoms with Crippen LogP contribution in [0.3, 0.4) is 0 Å². The summed E-state index contributed by atoms with van der Waals surface area (Å²) in [5.74, 6) is -0.266. The zero-order valence-corrected chi connectivity index (χ0v) is 18.1. The second-order valence-electron chi connectivity index (χ2n) is 8.10. The first-order valence-electron chi connectivity index (χ1n) is 9.98. The molecule has 0 bridgehead atoms. The highest BCUT2D eigenvalue weighted by molar-refractivity contribution is 5.70. The van der Waals surface area contributed by atoms with Gasteiger partial charge in [0.15, 0.2) is 0 Å². The summed E-state index contributed by atoms with van der Waals surface area (Å²) < 4.78 is 16.7. The van der Waals surface area contributed by atoms with Gasteiger partial charge in [-0.05, 0) is 38.8 Å². The predicted octanol–water partition coefficient (Wildman–Crippen LogP) is 4.80. The lowest BCUT2D eigenvalue weighted by Gasteiger charge is -2.31. The van der Waals surface area contributed by atoms with E-state index in [-0.39, 0.29) is 37.4 Å². The summed E-state index contributed by atoms with van der Waals surface area (Å²) in [4.78, 5) is 12.6. The Labute approximate surface area is 174 Å². The van der Waals surface area contributed by atoms with Gasteiger partial charge in [-0.15, -0.1) is 0 Å². The topological polar surface area (TPSA) is 56.8 Å². The molecule has 5 heteroatoms. The molecule has 0 aliphatic carbocycles. The predicted molar refractivity (Wildman–Crippen MR) is 114 cm³/mol. The van der Waals surface area contributed by atoms with E-state index in [1.54, 1.807) is 7.11 Å². The van der Waals surface area contributed by atoms with Crippen molar-refractivity contribution in [1.82, 2.24) is 5.32 Å². The molecule has 2 aromatic rings. The first-order valence-corrected chi connectivity index (χ1v) is 9.98. The van der Waals surface area contributed by atoms with Crippen LogP contribution in [0.4, 0.5) is 0 Å². The van der Waals surface area contributed by atoms with E-state index >= 15 is 0 Å². The first kappa shape index (κ1) is 23.1. The number of methoxy groups -OCH3 is 1. The van der Waals surface area contributed by atoms with E-state index in [4.69, 9.17) is 14.2 Å². The number of carbonyl (C=O) groups is 1. The monoisotopic (exact) mass is 399 g/mol. The minimum Gasteiger partial charge on any atom is -0.460 e. The van der Waals surface area contributed by atoms with Crippen LogP contribution < -0.4 is 5.32 Å². The SMILES string of the molecule is COCO[C@@H](c1ccccc1)[C@H](CC(=O)OC(C)(C)C)N[C@@H](C)c1ccccc1. The Morgan fingerprint density at radius 2 is 1.52 bits per heavy atom. The van der Waals surface area contributed by atoms with Crippen molar-refractivity contribution >= 4 is 5.97 Å². The van der Waals surface area contributed by atoms with Gasteiger partial charge in [-0.3, -0.25) is 4.79 Å². The fourth-order valence-electron chi connectivity index (χ4n) is 3.20. The molecular weight excluding hydrogens is 366 g/mol. The molecule has 0 fully saturated rings. The van der Waals surface area contributed by atoms with Gasteiger partial charge in [0, 0.05) is 19.2 Å². The van der Waals surface area contributed by atoms with Gasteiger partial charge in [-0.2, -0.15) is 0 Å². The molecule has 158 valence electrons. The molecular formula is C24H33NO4. The number of ether oxygens (including phenoxy) is 3. The van der Waals surface area contributed by atoms with Crippen molar-refractivity contribution in [2.75, 3.05) is 13.9 Å². The highest BCUT2D eigenvalue weighted by Crippen LogP contribution is 2.27. The highest BCUT2D eigenvalue weighted by Gasteiger charge is 2.30. The average molecular weight is 400 g/mol. The lowest BCUT2D eigenvalue weighted by Crippen LogP contribution is -2.41. The molecule has 2 aromatic carbocycles. The van der Waals surface area contributed by atoms with Crippen LogP contribution in [0.25, 0.3) is 0 Å². The summed E-state index contributed by atoms with van der Waals surface area (Å²) in [5.41, 5.74) is 1.58. The van der Waals surface area contributed by atoms with E-state index in [9.17, 15) is 4.79 Å². The average Bonchev–Trinajstić information content (AvgIpc) is 2.68. The molecule has 3 atom stereocenters. The van der Waals surface area contributed by atoms with Crippen molar-refractivity contribution in [2.45, 2.75) is 57.9 Å². The van der Waals surface area contributed by atoms with Gasteiger partial charge in [-0.25, -0.2) is 0 Å². The maximum Gasteiger partial charge on any atom is 0.308 e. The van der Waals surface area contributed by atoms with Crippen LogP contribution in [-0.4, -0.2) is 31.5 Å². The van der Waals surface area contributed by atoms with Crippen molar-refractivity contribution in [2.24, 2.45) is 0 Å². The van der Waals surface area contributed by atoms with E-state index in [1.165, 1.54) is 0 Å². The minimum atomic E-state index is -0.539. The number of esters is 1. The van der Waals surface area contributed by atoms with Crippen LogP contribution in [0.1, 0.15) is 57.4 Å². The van der Waals surface area contributed by atoms with Crippen LogP contribution in [0.5, 0.6) is 0 Å². The molecule has 0 aliphatic heterocycles. The number of benzene rings is 2. The van der Waals surface area contributed by atoms with Crippen molar-refractivity contribution in [3.8, 4) is 0 Å². The fourth-order valence-corrected chi connectivity index (χ4v) is 3.20. The lowest BCUT2D eigenvalue weighted by molar-refractivity contribution is -0.157. The van der Waals surface area contributed by atoms with Gasteiger partial charge < -0.3 is 19.5 Å². The molecule has 0 aromatic heterocycles. The molecule has 0 heterocycles. The summed E-state index contributed by atoms with van der Waals surface area (Å²) in [6, 6.07) is 19.7. The quantitative estimate of drug-likeness (QED) is 0.459. The van der Waals surface area contributed by atoms with E-state index < -0.39 is 5.60 Å². The zero-order chi connectivity index (χ0) is 21.3. The highest BCUT2D eigenvalue weighted by atomic mass is 16.7. The zero-order valence-electron chi connectivity index (χ0n) is 18.1. The summed E-state index contributed by atoms with van der Waals surface area (Å²) in [7, 11) is 1.59. The maximum atomic E-state index is 12.6. The van der Waals surface area contributed by atoms with E-state index in [2.05, 4.69) is 24.4 Å². The Kier molecular flexibility index (Phi) is 8.83. The summed E-state index contributed by atoms with van der Waals surface area (Å²) in [6.45, 7) is 7.82. The third-order valence-corrected chi connectivity index (χ3v) is 4.43. The molecule has 5 nitrogen and oxygen atoms in total. The molecule has 1 N–H and O–H groups in total. The Balaban J connectivity index is 2.28. The molecule has 0 amide bonds. The van der Waals surface area contributed by atoms with Gasteiger partial charge in [0.05, 0.1) is 6.42 Å². The smallest absolute Gasteiger partial charge is 0.308 e. The van der Waals surface area contributed by atoms with E-state index in [0.29, 0.717) is 0 Å². The summed E-state index contributed by atoms with van der Waals surface area (Å²) >= 11 is 0. The van der Waals surface area contributed by atoms with Gasteiger partial charge in [-0.1, -0.05) is 60.7 Å². The summed E-state index contributed by atoms with van der Waals surface area (Å²) in [5, 5.41) is 3.58. The molecule has 0 saturated carbocycles. The largest absolute Gasteiger partial charge is 0.460 e. The Morgan fingerprint density at radius 1 is 0.966 bits per heavy atom. The third-order valence-electron chi connectivity index (χ3n) is 4.43. The van der Waals surface area contributed by atoms with Gasteiger partial charge in [0.2, 0.25) is 0 Å². The molecule has 0 aliphatic rings. The number of hydrogen-bond acceptors (Lipinski definition) is 5. The van der Waals surface area contributed by atoms with Gasteiger partial charge in [0.25, 0.3) is 0 Å². The normalized spacial score (nSPS) is 14.8. The molecule has 0 spiro atoms. The number of rotatable bonds is 10. The van der Waals surface area contributed by atoms with Crippen molar-refractivity contribution in [1.29, 1.82) is 0 Å². The Bertz CT molecular complexity index is 728. The molecule has 2 rings (SSSR count). The van der Waals surface area contributed by atoms with Crippen LogP contribution in [0.2, 0.25) is 0 Å². The third kappa shape index (κ3) is 7.97. The molecule has 0 radical (unpaired) electrons. The van der Waals surface area contributed by atoms with Crippen molar-refractivity contribution in [3.05, 3.63) is 71.8 Å². The van der Waals surface area contributed by atoms with E-state index in [1.807, 2.05) is 69.3 Å². The summed E-state index contributed by atoms with van der Waals surface area (Å²) in [6.07, 6.45) is -0.188. The second-order valence-corrected chi connectivity index (χ2v) is 8.10. The van der Waals surface area contributed by atoms with Crippen LogP contribution in [-0.2, 0) is 19.0 Å². The number of hydrogen-bond donors (Lipinski definition) is 1. The molecule has 0 unspecified atom stereocenters. The Morgan fingerprint density at radius 3 is 2.03 bits per heavy atom. The second kappa shape index (κ2) is 11.1. The van der Waals surface area contributed by atoms with Crippen LogP contribution in [0.15, 0.2) is 60.7 Å². The first-order chi connectivity index (χ1) is 13.8. The molecule has 29 heavy (non-hydrogen) atoms. The van der Waals surface area contributed by atoms with Gasteiger partial charge >= 0.3 is 5.97 Å². The van der Waals surface area contributed by atoms with E-state index in [0.717, 1.165) is 11.1 Å². The Hall–Kier alpha value is -2.21. The van der Waals surface area contributed by atoms with Crippen LogP contribution in [0, 0.1) is 0 Å². The minimum absolute atomic E-state index is 0.0287.